The normalized spacial score (nSPS) is 10.0. The molecule has 0 saturated carbocycles. The molecule has 0 aliphatic carbocycles. The van der Waals surface area contributed by atoms with E-state index >= 15 is 0 Å². The van der Waals surface area contributed by atoms with E-state index in [0.717, 1.165) is 0 Å². The standard InChI is InChI=1S/C11H13ClN2O3/c1-13-3-2-10(15)14-9-5-7(11(16)17)4-8(12)6-9/h4-6,13H,2-3H2,1H3,(H,14,15)(H,16,17). The molecule has 0 aliphatic heterocycles. The van der Waals surface area contributed by atoms with Gasteiger partial charge in [-0.25, -0.2) is 4.79 Å². The van der Waals surface area contributed by atoms with Crippen molar-refractivity contribution in [2.75, 3.05) is 18.9 Å². The van der Waals surface area contributed by atoms with Crippen molar-refractivity contribution in [3.63, 3.8) is 0 Å². The van der Waals surface area contributed by atoms with Crippen LogP contribution in [0, 0.1) is 0 Å². The first-order chi connectivity index (χ1) is 8.02. The van der Waals surface area contributed by atoms with Crippen molar-refractivity contribution in [2.45, 2.75) is 6.42 Å². The van der Waals surface area contributed by atoms with E-state index in [1.54, 1.807) is 7.05 Å². The first kappa shape index (κ1) is 13.5. The maximum Gasteiger partial charge on any atom is 0.335 e. The molecule has 3 N–H and O–H groups in total. The number of rotatable bonds is 5. The summed E-state index contributed by atoms with van der Waals surface area (Å²) in [6.07, 6.45) is 0.311. The smallest absolute Gasteiger partial charge is 0.335 e. The van der Waals surface area contributed by atoms with E-state index < -0.39 is 5.97 Å². The number of halogens is 1. The van der Waals surface area contributed by atoms with Crippen LogP contribution in [0.4, 0.5) is 5.69 Å². The zero-order valence-corrected chi connectivity index (χ0v) is 10.0. The highest BCUT2D eigenvalue weighted by molar-refractivity contribution is 6.31. The fraction of sp³-hybridized carbons (Fsp3) is 0.273. The third-order valence-electron chi connectivity index (χ3n) is 2.03. The lowest BCUT2D eigenvalue weighted by Crippen LogP contribution is -2.18. The number of aromatic carboxylic acids is 1. The van der Waals surface area contributed by atoms with Gasteiger partial charge in [0.05, 0.1) is 5.56 Å². The number of anilines is 1. The topological polar surface area (TPSA) is 78.4 Å². The zero-order valence-electron chi connectivity index (χ0n) is 9.29. The molecule has 5 nitrogen and oxygen atoms in total. The summed E-state index contributed by atoms with van der Waals surface area (Å²) in [5, 5.41) is 14.5. The summed E-state index contributed by atoms with van der Waals surface area (Å²) in [7, 11) is 1.75. The summed E-state index contributed by atoms with van der Waals surface area (Å²) in [4.78, 5) is 22.2. The molecule has 0 atom stereocenters. The lowest BCUT2D eigenvalue weighted by atomic mass is 10.2. The van der Waals surface area contributed by atoms with Crippen LogP contribution >= 0.6 is 11.6 Å². The van der Waals surface area contributed by atoms with Gasteiger partial charge >= 0.3 is 5.97 Å². The van der Waals surface area contributed by atoms with E-state index in [4.69, 9.17) is 16.7 Å². The number of benzene rings is 1. The number of carboxylic acids is 1. The third-order valence-corrected chi connectivity index (χ3v) is 2.25. The Bertz CT molecular complexity index is 435. The minimum atomic E-state index is -1.08. The highest BCUT2D eigenvalue weighted by atomic mass is 35.5. The van der Waals surface area contributed by atoms with Gasteiger partial charge in [0, 0.05) is 23.7 Å². The Hall–Kier alpha value is -1.59. The molecule has 0 aromatic heterocycles. The average Bonchev–Trinajstić information content (AvgIpc) is 2.25. The number of carbonyl (C=O) groups excluding carboxylic acids is 1. The fourth-order valence-corrected chi connectivity index (χ4v) is 1.48. The predicted molar refractivity (Wildman–Crippen MR) is 65.6 cm³/mol. The van der Waals surface area contributed by atoms with E-state index in [1.165, 1.54) is 18.2 Å². The SMILES string of the molecule is CNCCC(=O)Nc1cc(Cl)cc(C(=O)O)c1. The fourth-order valence-electron chi connectivity index (χ4n) is 1.25. The van der Waals surface area contributed by atoms with Crippen molar-refractivity contribution in [3.8, 4) is 0 Å². The number of hydrogen-bond donors (Lipinski definition) is 3. The van der Waals surface area contributed by atoms with E-state index in [2.05, 4.69) is 10.6 Å². The molecule has 92 valence electrons. The van der Waals surface area contributed by atoms with Crippen LogP contribution in [0.15, 0.2) is 18.2 Å². The molecular formula is C11H13ClN2O3. The highest BCUT2D eigenvalue weighted by Gasteiger charge is 2.08. The summed E-state index contributed by atoms with van der Waals surface area (Å²) in [6.45, 7) is 0.554. The van der Waals surface area contributed by atoms with Gasteiger partial charge in [-0.15, -0.1) is 0 Å². The third kappa shape index (κ3) is 4.42. The van der Waals surface area contributed by atoms with Crippen molar-refractivity contribution in [2.24, 2.45) is 0 Å². The molecule has 1 amide bonds. The molecule has 17 heavy (non-hydrogen) atoms. The number of carboxylic acid groups (broad SMARTS) is 1. The number of carbonyl (C=O) groups is 2. The summed E-state index contributed by atoms with van der Waals surface area (Å²) in [5.41, 5.74) is 0.428. The lowest BCUT2D eigenvalue weighted by Gasteiger charge is -2.06. The summed E-state index contributed by atoms with van der Waals surface area (Å²) >= 11 is 5.75. The highest BCUT2D eigenvalue weighted by Crippen LogP contribution is 2.19. The molecule has 1 rings (SSSR count). The van der Waals surface area contributed by atoms with Crippen LogP contribution in [-0.4, -0.2) is 30.6 Å². The van der Waals surface area contributed by atoms with Crippen LogP contribution in [0.2, 0.25) is 5.02 Å². The molecule has 6 heteroatoms. The van der Waals surface area contributed by atoms with E-state index in [9.17, 15) is 9.59 Å². The van der Waals surface area contributed by atoms with Crippen molar-refractivity contribution < 1.29 is 14.7 Å². The molecule has 1 aromatic carbocycles. The van der Waals surface area contributed by atoms with Gasteiger partial charge in [-0.3, -0.25) is 4.79 Å². The number of hydrogen-bond acceptors (Lipinski definition) is 3. The predicted octanol–water partition coefficient (Wildman–Crippen LogP) is 1.59. The van der Waals surface area contributed by atoms with Gasteiger partial charge in [0.25, 0.3) is 0 Å². The summed E-state index contributed by atoms with van der Waals surface area (Å²) < 4.78 is 0. The van der Waals surface area contributed by atoms with Crippen LogP contribution in [-0.2, 0) is 4.79 Å². The van der Waals surface area contributed by atoms with Gasteiger partial charge in [0.2, 0.25) is 5.91 Å². The van der Waals surface area contributed by atoms with Gasteiger partial charge in [-0.1, -0.05) is 11.6 Å². The molecular weight excluding hydrogens is 244 g/mol. The zero-order chi connectivity index (χ0) is 12.8. The van der Waals surface area contributed by atoms with Crippen LogP contribution in [0.5, 0.6) is 0 Å². The van der Waals surface area contributed by atoms with Crippen molar-refractivity contribution >= 4 is 29.2 Å². The molecule has 0 bridgehead atoms. The van der Waals surface area contributed by atoms with E-state index in [1.807, 2.05) is 0 Å². The Morgan fingerprint density at radius 2 is 2.06 bits per heavy atom. The average molecular weight is 257 g/mol. The first-order valence-corrected chi connectivity index (χ1v) is 5.39. The lowest BCUT2D eigenvalue weighted by molar-refractivity contribution is -0.116. The molecule has 0 heterocycles. The minimum absolute atomic E-state index is 0.0430. The molecule has 0 fully saturated rings. The number of nitrogens with one attached hydrogen (secondary N) is 2. The van der Waals surface area contributed by atoms with Gasteiger partial charge in [-0.2, -0.15) is 0 Å². The quantitative estimate of drug-likeness (QED) is 0.748. The maximum absolute atomic E-state index is 11.4. The van der Waals surface area contributed by atoms with E-state index in [-0.39, 0.29) is 16.5 Å². The Kier molecular flexibility index (Phi) is 4.93. The molecule has 0 aliphatic rings. The van der Waals surface area contributed by atoms with Crippen molar-refractivity contribution in [1.82, 2.24) is 5.32 Å². The Labute approximate surface area is 104 Å². The minimum Gasteiger partial charge on any atom is -0.478 e. The molecule has 1 aromatic rings. The second-order valence-corrected chi connectivity index (χ2v) is 3.87. The van der Waals surface area contributed by atoms with Gasteiger partial charge in [-0.05, 0) is 25.2 Å². The molecule has 0 unspecified atom stereocenters. The Morgan fingerprint density at radius 1 is 1.35 bits per heavy atom. The van der Waals surface area contributed by atoms with Crippen LogP contribution < -0.4 is 10.6 Å². The Morgan fingerprint density at radius 3 is 2.65 bits per heavy atom. The number of amides is 1. The van der Waals surface area contributed by atoms with Crippen molar-refractivity contribution in [1.29, 1.82) is 0 Å². The largest absolute Gasteiger partial charge is 0.478 e. The van der Waals surface area contributed by atoms with E-state index in [0.29, 0.717) is 18.7 Å². The molecule has 0 saturated heterocycles. The van der Waals surface area contributed by atoms with Gasteiger partial charge in [0.15, 0.2) is 0 Å². The molecule has 0 spiro atoms. The maximum atomic E-state index is 11.4. The monoisotopic (exact) mass is 256 g/mol. The van der Waals surface area contributed by atoms with Gasteiger partial charge in [0.1, 0.15) is 0 Å². The van der Waals surface area contributed by atoms with Crippen LogP contribution in [0.1, 0.15) is 16.8 Å². The first-order valence-electron chi connectivity index (χ1n) is 5.01. The second-order valence-electron chi connectivity index (χ2n) is 3.44. The summed E-state index contributed by atoms with van der Waals surface area (Å²) in [6, 6.07) is 4.20. The van der Waals surface area contributed by atoms with Gasteiger partial charge < -0.3 is 15.7 Å². The van der Waals surface area contributed by atoms with Crippen LogP contribution in [0.25, 0.3) is 0 Å². The second kappa shape index (κ2) is 6.22. The van der Waals surface area contributed by atoms with Crippen molar-refractivity contribution in [3.05, 3.63) is 28.8 Å². The van der Waals surface area contributed by atoms with Crippen LogP contribution in [0.3, 0.4) is 0 Å². The Balaban J connectivity index is 2.77. The summed E-state index contributed by atoms with van der Waals surface area (Å²) in [5.74, 6) is -1.28. The molecule has 0 radical (unpaired) electrons.